The number of imide groups is 1. The molecule has 1 aromatic rings. The van der Waals surface area contributed by atoms with Crippen molar-refractivity contribution in [1.29, 1.82) is 0 Å². The summed E-state index contributed by atoms with van der Waals surface area (Å²) in [5, 5.41) is 2.75. The maximum absolute atomic E-state index is 12.5. The number of nitrogens with zero attached hydrogens (tertiary/aromatic N) is 1. The maximum atomic E-state index is 12.5. The Kier molecular flexibility index (Phi) is 4.55. The minimum Gasteiger partial charge on any atom is -0.399 e. The lowest BCUT2D eigenvalue weighted by molar-refractivity contribution is -0.143. The van der Waals surface area contributed by atoms with E-state index in [2.05, 4.69) is 5.32 Å². The molecule has 1 aliphatic carbocycles. The molecule has 6 nitrogen and oxygen atoms in total. The molecular weight excluding hydrogens is 306 g/mol. The molecule has 0 radical (unpaired) electrons. The molecule has 1 saturated heterocycles. The van der Waals surface area contributed by atoms with Crippen molar-refractivity contribution in [2.75, 3.05) is 12.3 Å². The van der Waals surface area contributed by atoms with Gasteiger partial charge in [0, 0.05) is 12.2 Å². The zero-order valence-electron chi connectivity index (χ0n) is 13.8. The van der Waals surface area contributed by atoms with Crippen LogP contribution in [0.2, 0.25) is 0 Å². The number of benzene rings is 1. The van der Waals surface area contributed by atoms with Gasteiger partial charge in [0.05, 0.1) is 11.8 Å². The first kappa shape index (κ1) is 16.5. The average Bonchev–Trinajstić information content (AvgIpc) is 2.80. The third-order valence-electron chi connectivity index (χ3n) is 5.13. The molecule has 2 unspecified atom stereocenters. The number of nitrogens with two attached hydrogens (primary N) is 1. The molecule has 0 bridgehead atoms. The van der Waals surface area contributed by atoms with E-state index in [1.807, 2.05) is 19.1 Å². The van der Waals surface area contributed by atoms with E-state index >= 15 is 0 Å². The molecule has 0 aromatic heterocycles. The fourth-order valence-electron chi connectivity index (χ4n) is 3.79. The van der Waals surface area contributed by atoms with E-state index in [0.717, 1.165) is 29.7 Å². The van der Waals surface area contributed by atoms with Crippen LogP contribution in [0.25, 0.3) is 0 Å². The van der Waals surface area contributed by atoms with Crippen LogP contribution >= 0.6 is 0 Å². The Morgan fingerprint density at radius 2 is 1.92 bits per heavy atom. The molecule has 3 amide bonds. The molecule has 2 fully saturated rings. The third-order valence-corrected chi connectivity index (χ3v) is 5.13. The first-order chi connectivity index (χ1) is 11.5. The number of rotatable bonds is 4. The zero-order chi connectivity index (χ0) is 17.3. The number of carbonyl (C=O) groups is 3. The first-order valence-electron chi connectivity index (χ1n) is 8.43. The summed E-state index contributed by atoms with van der Waals surface area (Å²) in [4.78, 5) is 38.3. The predicted molar refractivity (Wildman–Crippen MR) is 89.4 cm³/mol. The van der Waals surface area contributed by atoms with Crippen molar-refractivity contribution in [3.05, 3.63) is 29.8 Å². The van der Waals surface area contributed by atoms with Crippen LogP contribution < -0.4 is 11.1 Å². The second-order valence-electron chi connectivity index (χ2n) is 6.82. The monoisotopic (exact) mass is 329 g/mol. The predicted octanol–water partition coefficient (Wildman–Crippen LogP) is 1.31. The molecule has 0 spiro atoms. The first-order valence-corrected chi connectivity index (χ1v) is 8.43. The average molecular weight is 329 g/mol. The maximum Gasteiger partial charge on any atom is 0.240 e. The summed E-state index contributed by atoms with van der Waals surface area (Å²) < 4.78 is 0. The van der Waals surface area contributed by atoms with Crippen molar-refractivity contribution in [3.63, 3.8) is 0 Å². The van der Waals surface area contributed by atoms with Gasteiger partial charge in [0.1, 0.15) is 6.54 Å². The van der Waals surface area contributed by atoms with Crippen molar-refractivity contribution in [2.45, 2.75) is 32.7 Å². The Morgan fingerprint density at radius 1 is 1.21 bits per heavy atom. The Bertz CT molecular complexity index is 656. The number of amides is 3. The summed E-state index contributed by atoms with van der Waals surface area (Å²) in [6, 6.07) is 7.19. The van der Waals surface area contributed by atoms with Crippen LogP contribution in [0.1, 0.15) is 31.7 Å². The molecule has 6 heteroatoms. The number of fused-ring (bicyclic) bond motifs is 1. The molecule has 3 rings (SSSR count). The molecule has 24 heavy (non-hydrogen) atoms. The Hall–Kier alpha value is -2.37. The number of carbonyl (C=O) groups excluding carboxylic acids is 3. The Morgan fingerprint density at radius 3 is 2.58 bits per heavy atom. The van der Waals surface area contributed by atoms with Crippen LogP contribution in [0.15, 0.2) is 24.3 Å². The number of likely N-dealkylation sites (tertiary alicyclic amines) is 1. The summed E-state index contributed by atoms with van der Waals surface area (Å²) in [6.07, 6.45) is 2.69. The standard InChI is InChI=1S/C18H23N3O3/c1-11-3-2-4-14-16(11)18(24)21(17(14)23)10-15(22)20-9-12-5-7-13(19)8-6-12/h5-8,11,14,16H,2-4,9-10,19H2,1H3,(H,20,22)/t11-,14?,16?/m1/s1. The van der Waals surface area contributed by atoms with Gasteiger partial charge in [-0.3, -0.25) is 19.3 Å². The van der Waals surface area contributed by atoms with Crippen LogP contribution in [0.3, 0.4) is 0 Å². The number of anilines is 1. The van der Waals surface area contributed by atoms with E-state index in [1.54, 1.807) is 12.1 Å². The van der Waals surface area contributed by atoms with Gasteiger partial charge in [-0.1, -0.05) is 25.5 Å². The lowest BCUT2D eigenvalue weighted by atomic mass is 9.74. The van der Waals surface area contributed by atoms with E-state index in [9.17, 15) is 14.4 Å². The van der Waals surface area contributed by atoms with Crippen molar-refractivity contribution < 1.29 is 14.4 Å². The van der Waals surface area contributed by atoms with E-state index in [4.69, 9.17) is 5.73 Å². The Balaban J connectivity index is 1.59. The van der Waals surface area contributed by atoms with Crippen molar-refractivity contribution in [2.24, 2.45) is 17.8 Å². The smallest absolute Gasteiger partial charge is 0.240 e. The molecule has 3 atom stereocenters. The van der Waals surface area contributed by atoms with Crippen LogP contribution in [0.4, 0.5) is 5.69 Å². The fraction of sp³-hybridized carbons (Fsp3) is 0.500. The highest BCUT2D eigenvalue weighted by Gasteiger charge is 2.51. The van der Waals surface area contributed by atoms with Gasteiger partial charge in [0.25, 0.3) is 0 Å². The summed E-state index contributed by atoms with van der Waals surface area (Å²) in [7, 11) is 0. The molecule has 3 N–H and O–H groups in total. The molecule has 2 aliphatic rings. The van der Waals surface area contributed by atoms with E-state index in [0.29, 0.717) is 12.2 Å². The van der Waals surface area contributed by atoms with Crippen LogP contribution in [-0.4, -0.2) is 29.2 Å². The zero-order valence-corrected chi connectivity index (χ0v) is 13.8. The summed E-state index contributed by atoms with van der Waals surface area (Å²) in [5.41, 5.74) is 7.20. The molecular formula is C18H23N3O3. The Labute approximate surface area is 141 Å². The number of hydrogen-bond donors (Lipinski definition) is 2. The molecule has 1 aromatic carbocycles. The van der Waals surface area contributed by atoms with Crippen molar-refractivity contribution in [3.8, 4) is 0 Å². The quantitative estimate of drug-likeness (QED) is 0.643. The fourth-order valence-corrected chi connectivity index (χ4v) is 3.79. The van der Waals surface area contributed by atoms with Gasteiger partial charge in [-0.05, 0) is 36.5 Å². The molecule has 1 saturated carbocycles. The third kappa shape index (κ3) is 3.13. The van der Waals surface area contributed by atoms with E-state index in [-0.39, 0.29) is 42.0 Å². The van der Waals surface area contributed by atoms with Gasteiger partial charge in [0.2, 0.25) is 17.7 Å². The van der Waals surface area contributed by atoms with Crippen LogP contribution in [0.5, 0.6) is 0 Å². The van der Waals surface area contributed by atoms with Gasteiger partial charge in [-0.15, -0.1) is 0 Å². The van der Waals surface area contributed by atoms with E-state index < -0.39 is 0 Å². The topological polar surface area (TPSA) is 92.5 Å². The summed E-state index contributed by atoms with van der Waals surface area (Å²) in [5.74, 6) is -0.941. The van der Waals surface area contributed by atoms with Gasteiger partial charge < -0.3 is 11.1 Å². The highest BCUT2D eigenvalue weighted by Crippen LogP contribution is 2.41. The second-order valence-corrected chi connectivity index (χ2v) is 6.82. The minimum atomic E-state index is -0.320. The number of nitrogen functional groups attached to an aromatic ring is 1. The summed E-state index contributed by atoms with van der Waals surface area (Å²) in [6.45, 7) is 2.18. The van der Waals surface area contributed by atoms with Gasteiger partial charge >= 0.3 is 0 Å². The number of nitrogens with one attached hydrogen (secondary N) is 1. The summed E-state index contributed by atoms with van der Waals surface area (Å²) >= 11 is 0. The molecule has 128 valence electrons. The van der Waals surface area contributed by atoms with Crippen molar-refractivity contribution in [1.82, 2.24) is 10.2 Å². The van der Waals surface area contributed by atoms with Gasteiger partial charge in [-0.2, -0.15) is 0 Å². The van der Waals surface area contributed by atoms with Crippen molar-refractivity contribution >= 4 is 23.4 Å². The largest absolute Gasteiger partial charge is 0.399 e. The highest BCUT2D eigenvalue weighted by molar-refractivity contribution is 6.07. The van der Waals surface area contributed by atoms with Gasteiger partial charge in [0.15, 0.2) is 0 Å². The molecule has 1 heterocycles. The SMILES string of the molecule is C[C@@H]1CCCC2C(=O)N(CC(=O)NCc3ccc(N)cc3)C(=O)C21. The van der Waals surface area contributed by atoms with E-state index in [1.165, 1.54) is 0 Å². The molecule has 1 aliphatic heterocycles. The van der Waals surface area contributed by atoms with Gasteiger partial charge in [-0.25, -0.2) is 0 Å². The lowest BCUT2D eigenvalue weighted by Crippen LogP contribution is -2.41. The number of hydrogen-bond acceptors (Lipinski definition) is 4. The highest BCUT2D eigenvalue weighted by atomic mass is 16.2. The second kappa shape index (κ2) is 6.63. The normalized spacial score (nSPS) is 26.4. The van der Waals surface area contributed by atoms with Crippen LogP contribution in [0, 0.1) is 17.8 Å². The lowest BCUT2D eigenvalue weighted by Gasteiger charge is -2.27. The minimum absolute atomic E-state index is 0.181. The van der Waals surface area contributed by atoms with Crippen LogP contribution in [-0.2, 0) is 20.9 Å².